The third kappa shape index (κ3) is 6.99. The van der Waals surface area contributed by atoms with Gasteiger partial charge in [-0.1, -0.05) is 18.2 Å². The van der Waals surface area contributed by atoms with E-state index in [-0.39, 0.29) is 36.4 Å². The van der Waals surface area contributed by atoms with E-state index in [0.29, 0.717) is 32.5 Å². The van der Waals surface area contributed by atoms with Gasteiger partial charge in [-0.25, -0.2) is 13.1 Å². The number of nitrogens with zero attached hydrogens (tertiary/aromatic N) is 2. The SMILES string of the molecule is CCOCC(=O)N1CCC(COc2ccc(S(=O)(=O)NC(=O)c3ccccc3)cc2[N+](=O)[O-])CC1. The summed E-state index contributed by atoms with van der Waals surface area (Å²) in [4.78, 5) is 36.4. The lowest BCUT2D eigenvalue weighted by molar-refractivity contribution is -0.386. The molecular weight excluding hydrogens is 478 g/mol. The molecule has 12 heteroatoms. The summed E-state index contributed by atoms with van der Waals surface area (Å²) in [6.07, 6.45) is 1.34. The molecule has 1 N–H and O–H groups in total. The van der Waals surface area contributed by atoms with E-state index in [1.54, 1.807) is 23.1 Å². The van der Waals surface area contributed by atoms with Gasteiger partial charge in [0.15, 0.2) is 5.75 Å². The van der Waals surface area contributed by atoms with Crippen LogP contribution < -0.4 is 9.46 Å². The van der Waals surface area contributed by atoms with Gasteiger partial charge in [0, 0.05) is 31.3 Å². The Hall–Kier alpha value is -3.51. The van der Waals surface area contributed by atoms with Crippen LogP contribution in [0.4, 0.5) is 5.69 Å². The molecule has 188 valence electrons. The van der Waals surface area contributed by atoms with E-state index < -0.39 is 31.4 Å². The lowest BCUT2D eigenvalue weighted by Gasteiger charge is -2.31. The maximum absolute atomic E-state index is 12.6. The predicted octanol–water partition coefficient (Wildman–Crippen LogP) is 2.37. The number of hydrogen-bond donors (Lipinski definition) is 1. The fourth-order valence-corrected chi connectivity index (χ4v) is 4.59. The molecule has 11 nitrogen and oxygen atoms in total. The molecule has 2 aromatic rings. The Balaban J connectivity index is 1.63. The molecule has 2 amide bonds. The minimum atomic E-state index is -4.34. The van der Waals surface area contributed by atoms with Crippen LogP contribution in [0, 0.1) is 16.0 Å². The summed E-state index contributed by atoms with van der Waals surface area (Å²) >= 11 is 0. The van der Waals surface area contributed by atoms with E-state index in [2.05, 4.69) is 0 Å². The highest BCUT2D eigenvalue weighted by molar-refractivity contribution is 7.90. The van der Waals surface area contributed by atoms with Crippen LogP contribution in [0.3, 0.4) is 0 Å². The van der Waals surface area contributed by atoms with E-state index in [0.717, 1.165) is 12.1 Å². The Morgan fingerprint density at radius 3 is 2.46 bits per heavy atom. The zero-order valence-electron chi connectivity index (χ0n) is 19.2. The second-order valence-corrected chi connectivity index (χ2v) is 9.64. The fraction of sp³-hybridized carbons (Fsp3) is 0.391. The maximum Gasteiger partial charge on any atom is 0.312 e. The largest absolute Gasteiger partial charge is 0.487 e. The topological polar surface area (TPSA) is 145 Å². The van der Waals surface area contributed by atoms with Crippen LogP contribution in [0.1, 0.15) is 30.1 Å². The first-order valence-corrected chi connectivity index (χ1v) is 12.6. The Morgan fingerprint density at radius 2 is 1.83 bits per heavy atom. The van der Waals surface area contributed by atoms with Crippen LogP contribution in [0.2, 0.25) is 0 Å². The molecule has 0 atom stereocenters. The van der Waals surface area contributed by atoms with Gasteiger partial charge in [-0.05, 0) is 49.9 Å². The third-order valence-corrected chi connectivity index (χ3v) is 6.90. The number of piperidine rings is 1. The molecule has 1 saturated heterocycles. The van der Waals surface area contributed by atoms with Gasteiger partial charge in [-0.3, -0.25) is 19.7 Å². The van der Waals surface area contributed by atoms with Gasteiger partial charge in [0.1, 0.15) is 6.61 Å². The number of ether oxygens (including phenoxy) is 2. The molecule has 0 spiro atoms. The summed E-state index contributed by atoms with van der Waals surface area (Å²) in [5, 5.41) is 11.6. The van der Waals surface area contributed by atoms with Gasteiger partial charge in [-0.2, -0.15) is 0 Å². The molecule has 0 unspecified atom stereocenters. The molecule has 0 aliphatic carbocycles. The normalized spacial score (nSPS) is 14.4. The van der Waals surface area contributed by atoms with Gasteiger partial charge in [-0.15, -0.1) is 0 Å². The Bertz CT molecular complexity index is 1160. The number of nitro groups is 1. The van der Waals surface area contributed by atoms with Gasteiger partial charge in [0.25, 0.3) is 15.9 Å². The minimum Gasteiger partial charge on any atom is -0.487 e. The standard InChI is InChI=1S/C23H27N3O8S/c1-2-33-16-22(27)25-12-10-17(11-13-25)15-34-21-9-8-19(14-20(21)26(29)30)35(31,32)24-23(28)18-6-4-3-5-7-18/h3-9,14,17H,2,10-13,15-16H2,1H3,(H,24,28). The lowest BCUT2D eigenvalue weighted by Crippen LogP contribution is -2.41. The number of carbonyl (C=O) groups excluding carboxylic acids is 2. The van der Waals surface area contributed by atoms with Gasteiger partial charge < -0.3 is 14.4 Å². The van der Waals surface area contributed by atoms with Crippen LogP contribution in [0.25, 0.3) is 0 Å². The average Bonchev–Trinajstić information content (AvgIpc) is 2.86. The molecule has 1 heterocycles. The summed E-state index contributed by atoms with van der Waals surface area (Å²) < 4.78 is 38.0. The number of sulfonamides is 1. The summed E-state index contributed by atoms with van der Waals surface area (Å²) in [5.41, 5.74) is -0.388. The zero-order valence-corrected chi connectivity index (χ0v) is 20.0. The number of hydrogen-bond acceptors (Lipinski definition) is 8. The number of carbonyl (C=O) groups is 2. The van der Waals surface area contributed by atoms with Crippen LogP contribution in [0.15, 0.2) is 53.4 Å². The molecule has 0 bridgehead atoms. The van der Waals surface area contributed by atoms with E-state index in [1.807, 2.05) is 11.6 Å². The van der Waals surface area contributed by atoms with E-state index >= 15 is 0 Å². The van der Waals surface area contributed by atoms with Crippen LogP contribution >= 0.6 is 0 Å². The molecule has 2 aromatic carbocycles. The van der Waals surface area contributed by atoms with Crippen molar-refractivity contribution in [1.29, 1.82) is 0 Å². The Morgan fingerprint density at radius 1 is 1.14 bits per heavy atom. The fourth-order valence-electron chi connectivity index (χ4n) is 3.60. The summed E-state index contributed by atoms with van der Waals surface area (Å²) in [6, 6.07) is 11.0. The highest BCUT2D eigenvalue weighted by Gasteiger charge is 2.27. The number of nitrogens with one attached hydrogen (secondary N) is 1. The second kappa shape index (κ2) is 11.8. The van der Waals surface area contributed by atoms with E-state index in [1.165, 1.54) is 18.2 Å². The molecule has 0 radical (unpaired) electrons. The van der Waals surface area contributed by atoms with Crippen LogP contribution in [-0.2, 0) is 19.6 Å². The first-order valence-electron chi connectivity index (χ1n) is 11.1. The van der Waals surface area contributed by atoms with Crippen molar-refractivity contribution in [3.05, 3.63) is 64.2 Å². The maximum atomic E-state index is 12.6. The highest BCUT2D eigenvalue weighted by atomic mass is 32.2. The van der Waals surface area contributed by atoms with Crippen molar-refractivity contribution in [2.24, 2.45) is 5.92 Å². The molecule has 1 aliphatic heterocycles. The van der Waals surface area contributed by atoms with Gasteiger partial charge in [0.05, 0.1) is 16.4 Å². The molecular formula is C23H27N3O8S. The molecule has 3 rings (SSSR count). The Labute approximate surface area is 203 Å². The number of likely N-dealkylation sites (tertiary alicyclic amines) is 1. The minimum absolute atomic E-state index is 0.0465. The monoisotopic (exact) mass is 505 g/mol. The first kappa shape index (κ1) is 26.1. The van der Waals surface area contributed by atoms with Crippen molar-refractivity contribution in [1.82, 2.24) is 9.62 Å². The quantitative estimate of drug-likeness (QED) is 0.383. The van der Waals surface area contributed by atoms with Crippen molar-refractivity contribution < 1.29 is 32.4 Å². The smallest absolute Gasteiger partial charge is 0.312 e. The average molecular weight is 506 g/mol. The molecule has 1 aliphatic rings. The van der Waals surface area contributed by atoms with Crippen molar-refractivity contribution >= 4 is 27.5 Å². The number of nitro benzene ring substituents is 1. The van der Waals surface area contributed by atoms with Crippen molar-refractivity contribution in [2.45, 2.75) is 24.7 Å². The summed E-state index contributed by atoms with van der Waals surface area (Å²) in [5.74, 6) is -0.907. The van der Waals surface area contributed by atoms with Crippen molar-refractivity contribution in [2.75, 3.05) is 32.9 Å². The molecule has 0 saturated carbocycles. The summed E-state index contributed by atoms with van der Waals surface area (Å²) in [6.45, 7) is 3.60. The molecule has 1 fully saturated rings. The van der Waals surface area contributed by atoms with E-state index in [9.17, 15) is 28.1 Å². The summed E-state index contributed by atoms with van der Waals surface area (Å²) in [7, 11) is -4.34. The lowest BCUT2D eigenvalue weighted by atomic mass is 9.98. The van der Waals surface area contributed by atoms with Crippen molar-refractivity contribution in [3.8, 4) is 5.75 Å². The third-order valence-electron chi connectivity index (χ3n) is 5.57. The van der Waals surface area contributed by atoms with Gasteiger partial charge in [0.2, 0.25) is 5.91 Å². The van der Waals surface area contributed by atoms with Crippen LogP contribution in [0.5, 0.6) is 5.75 Å². The number of amides is 2. The second-order valence-electron chi connectivity index (χ2n) is 7.96. The van der Waals surface area contributed by atoms with E-state index in [4.69, 9.17) is 9.47 Å². The predicted molar refractivity (Wildman–Crippen MR) is 125 cm³/mol. The molecule has 35 heavy (non-hydrogen) atoms. The zero-order chi connectivity index (χ0) is 25.4. The van der Waals surface area contributed by atoms with Crippen molar-refractivity contribution in [3.63, 3.8) is 0 Å². The van der Waals surface area contributed by atoms with Crippen LogP contribution in [-0.4, -0.2) is 63.0 Å². The van der Waals surface area contributed by atoms with Gasteiger partial charge >= 0.3 is 5.69 Å². The number of benzene rings is 2. The first-order chi connectivity index (χ1) is 16.7. The highest BCUT2D eigenvalue weighted by Crippen LogP contribution is 2.31. The number of rotatable bonds is 10. The Kier molecular flexibility index (Phi) is 8.77. The molecule has 0 aromatic heterocycles.